The van der Waals surface area contributed by atoms with Crippen LogP contribution in [0, 0.1) is 0 Å². The molecule has 4 N–H and O–H groups in total. The van der Waals surface area contributed by atoms with E-state index in [2.05, 4.69) is 4.98 Å². The van der Waals surface area contributed by atoms with Crippen molar-refractivity contribution in [3.8, 4) is 11.1 Å². The van der Waals surface area contributed by atoms with Crippen molar-refractivity contribution in [2.75, 3.05) is 11.5 Å². The Bertz CT molecular complexity index is 584. The zero-order valence-electron chi connectivity index (χ0n) is 8.55. The lowest BCUT2D eigenvalue weighted by Crippen LogP contribution is -1.98. The maximum Gasteiger partial charge on any atom is 0.133 e. The largest absolute Gasteiger partial charge is 0.384 e. The van der Waals surface area contributed by atoms with Crippen molar-refractivity contribution in [1.82, 2.24) is 4.98 Å². The summed E-state index contributed by atoms with van der Waals surface area (Å²) in [6.07, 6.45) is 0. The summed E-state index contributed by atoms with van der Waals surface area (Å²) < 4.78 is 0. The number of hydrogen-bond acceptors (Lipinski definition) is 3. The number of halogens is 3. The van der Waals surface area contributed by atoms with Gasteiger partial charge in [-0.05, 0) is 24.3 Å². The Hall–Kier alpha value is -1.16. The van der Waals surface area contributed by atoms with E-state index < -0.39 is 0 Å². The first-order chi connectivity index (χ1) is 7.99. The van der Waals surface area contributed by atoms with Crippen molar-refractivity contribution in [1.29, 1.82) is 0 Å². The number of pyridine rings is 1. The average Bonchev–Trinajstić information content (AvgIpc) is 2.24. The van der Waals surface area contributed by atoms with Crippen LogP contribution in [-0.4, -0.2) is 4.98 Å². The van der Waals surface area contributed by atoms with Gasteiger partial charge in [0.05, 0.1) is 15.1 Å². The van der Waals surface area contributed by atoms with Crippen LogP contribution in [0.1, 0.15) is 0 Å². The number of hydrogen-bond donors (Lipinski definition) is 2. The van der Waals surface area contributed by atoms with Crippen molar-refractivity contribution in [2.45, 2.75) is 0 Å². The predicted molar refractivity (Wildman–Crippen MR) is 73.5 cm³/mol. The molecular weight excluding hydrogens is 281 g/mol. The van der Waals surface area contributed by atoms with Crippen molar-refractivity contribution in [3.05, 3.63) is 39.3 Å². The van der Waals surface area contributed by atoms with E-state index >= 15 is 0 Å². The molecule has 0 aliphatic heterocycles. The van der Waals surface area contributed by atoms with Gasteiger partial charge in [-0.2, -0.15) is 0 Å². The number of anilines is 2. The first kappa shape index (κ1) is 12.3. The number of nitrogens with two attached hydrogens (primary N) is 2. The Morgan fingerprint density at radius 1 is 0.824 bits per heavy atom. The predicted octanol–water partition coefficient (Wildman–Crippen LogP) is 3.87. The van der Waals surface area contributed by atoms with Gasteiger partial charge in [-0.25, -0.2) is 4.98 Å². The molecule has 2 rings (SSSR count). The molecule has 2 aromatic rings. The minimum absolute atomic E-state index is 0.297. The molecule has 0 unspecified atom stereocenters. The molecule has 6 heteroatoms. The van der Waals surface area contributed by atoms with Gasteiger partial charge >= 0.3 is 0 Å². The third-order valence-corrected chi connectivity index (χ3v) is 3.28. The van der Waals surface area contributed by atoms with Crippen molar-refractivity contribution < 1.29 is 0 Å². The molecule has 0 bridgehead atoms. The van der Waals surface area contributed by atoms with Gasteiger partial charge in [0.2, 0.25) is 0 Å². The van der Waals surface area contributed by atoms with Crippen LogP contribution < -0.4 is 11.5 Å². The Balaban J connectivity index is 2.64. The molecule has 0 saturated heterocycles. The van der Waals surface area contributed by atoms with Crippen LogP contribution in [0.5, 0.6) is 0 Å². The molecule has 1 aromatic heterocycles. The second-order valence-electron chi connectivity index (χ2n) is 3.42. The monoisotopic (exact) mass is 287 g/mol. The second-order valence-corrected chi connectivity index (χ2v) is 4.64. The van der Waals surface area contributed by atoms with Crippen LogP contribution in [0.4, 0.5) is 11.6 Å². The zero-order chi connectivity index (χ0) is 12.6. The maximum absolute atomic E-state index is 6.09. The van der Waals surface area contributed by atoms with Crippen molar-refractivity contribution in [3.63, 3.8) is 0 Å². The Morgan fingerprint density at radius 3 is 2.12 bits per heavy atom. The third kappa shape index (κ3) is 2.41. The lowest BCUT2D eigenvalue weighted by molar-refractivity contribution is 1.34. The van der Waals surface area contributed by atoms with Crippen molar-refractivity contribution >= 4 is 46.4 Å². The van der Waals surface area contributed by atoms with Gasteiger partial charge in [0.25, 0.3) is 0 Å². The van der Waals surface area contributed by atoms with Gasteiger partial charge in [0.1, 0.15) is 11.6 Å². The molecule has 1 heterocycles. The average molecular weight is 289 g/mol. The highest BCUT2D eigenvalue weighted by Gasteiger charge is 2.11. The number of benzene rings is 1. The fourth-order valence-corrected chi connectivity index (χ4v) is 2.10. The van der Waals surface area contributed by atoms with Crippen LogP contribution in [0.15, 0.2) is 24.3 Å². The highest BCUT2D eigenvalue weighted by molar-refractivity contribution is 6.44. The molecule has 3 nitrogen and oxygen atoms in total. The lowest BCUT2D eigenvalue weighted by atomic mass is 10.1. The van der Waals surface area contributed by atoms with Gasteiger partial charge in [0, 0.05) is 11.1 Å². The van der Waals surface area contributed by atoms with E-state index in [1.807, 2.05) is 0 Å². The quantitative estimate of drug-likeness (QED) is 0.783. The Kier molecular flexibility index (Phi) is 3.33. The van der Waals surface area contributed by atoms with Gasteiger partial charge in [-0.1, -0.05) is 34.8 Å². The van der Waals surface area contributed by atoms with E-state index in [0.717, 1.165) is 0 Å². The topological polar surface area (TPSA) is 64.9 Å². The van der Waals surface area contributed by atoms with E-state index in [4.69, 9.17) is 46.3 Å². The van der Waals surface area contributed by atoms with Gasteiger partial charge in [-0.15, -0.1) is 0 Å². The second kappa shape index (κ2) is 4.61. The minimum atomic E-state index is 0.297. The summed E-state index contributed by atoms with van der Waals surface area (Å²) in [5.74, 6) is 0.646. The smallest absolute Gasteiger partial charge is 0.133 e. The van der Waals surface area contributed by atoms with E-state index in [1.54, 1.807) is 24.3 Å². The van der Waals surface area contributed by atoms with Crippen LogP contribution in [0.25, 0.3) is 11.1 Å². The summed E-state index contributed by atoms with van der Waals surface area (Å²) >= 11 is 17.9. The minimum Gasteiger partial charge on any atom is -0.384 e. The number of rotatable bonds is 1. The first-order valence-corrected chi connectivity index (χ1v) is 5.79. The number of nitrogen functional groups attached to an aromatic ring is 2. The molecule has 17 heavy (non-hydrogen) atoms. The molecule has 0 amide bonds. The van der Waals surface area contributed by atoms with Gasteiger partial charge < -0.3 is 11.5 Å². The summed E-state index contributed by atoms with van der Waals surface area (Å²) in [4.78, 5) is 3.96. The molecule has 0 saturated carbocycles. The molecule has 88 valence electrons. The van der Waals surface area contributed by atoms with Gasteiger partial charge in [-0.3, -0.25) is 0 Å². The summed E-state index contributed by atoms with van der Waals surface area (Å²) in [5, 5.41) is 1.25. The van der Waals surface area contributed by atoms with E-state index in [9.17, 15) is 0 Å². The van der Waals surface area contributed by atoms with Crippen molar-refractivity contribution in [2.24, 2.45) is 0 Å². The summed E-state index contributed by atoms with van der Waals surface area (Å²) in [6, 6.07) is 6.60. The van der Waals surface area contributed by atoms with E-state index in [1.165, 1.54) is 0 Å². The van der Waals surface area contributed by atoms with Crippen LogP contribution in [-0.2, 0) is 0 Å². The maximum atomic E-state index is 6.09. The number of nitrogens with zero attached hydrogens (tertiary/aromatic N) is 1. The standard InChI is InChI=1S/C11H8Cl3N3/c12-7-4-9(14)8(13)3-6(7)5-1-2-10(15)17-11(5)16/h1-4H,(H4,15,16,17). The summed E-state index contributed by atoms with van der Waals surface area (Å²) in [6.45, 7) is 0. The van der Waals surface area contributed by atoms with Crippen LogP contribution >= 0.6 is 34.8 Å². The lowest BCUT2D eigenvalue weighted by Gasteiger charge is -2.09. The molecular formula is C11H8Cl3N3. The molecule has 0 fully saturated rings. The highest BCUT2D eigenvalue weighted by atomic mass is 35.5. The summed E-state index contributed by atoms with van der Waals surface area (Å²) in [7, 11) is 0. The summed E-state index contributed by atoms with van der Waals surface area (Å²) in [5.41, 5.74) is 12.7. The van der Waals surface area contributed by atoms with E-state index in [0.29, 0.717) is 37.8 Å². The molecule has 0 aliphatic carbocycles. The molecule has 0 atom stereocenters. The molecule has 0 aliphatic rings. The fourth-order valence-electron chi connectivity index (χ4n) is 1.45. The third-order valence-electron chi connectivity index (χ3n) is 2.25. The SMILES string of the molecule is Nc1ccc(-c2cc(Cl)c(Cl)cc2Cl)c(N)n1. The van der Waals surface area contributed by atoms with Gasteiger partial charge in [0.15, 0.2) is 0 Å². The zero-order valence-corrected chi connectivity index (χ0v) is 10.8. The fraction of sp³-hybridized carbons (Fsp3) is 0. The number of aromatic nitrogens is 1. The Morgan fingerprint density at radius 2 is 1.47 bits per heavy atom. The first-order valence-electron chi connectivity index (χ1n) is 4.66. The molecule has 1 aromatic carbocycles. The molecule has 0 spiro atoms. The van der Waals surface area contributed by atoms with E-state index in [-0.39, 0.29) is 0 Å². The highest BCUT2D eigenvalue weighted by Crippen LogP contribution is 2.37. The molecule has 0 radical (unpaired) electrons. The van der Waals surface area contributed by atoms with Crippen LogP contribution in [0.2, 0.25) is 15.1 Å². The van der Waals surface area contributed by atoms with Crippen LogP contribution in [0.3, 0.4) is 0 Å². The Labute approximate surface area is 113 Å². The normalized spacial score (nSPS) is 10.5.